The molecule has 4 N–H and O–H groups in total. The molecule has 0 spiro atoms. The van der Waals surface area contributed by atoms with E-state index < -0.39 is 17.2 Å². The fourth-order valence-electron chi connectivity index (χ4n) is 1.38. The van der Waals surface area contributed by atoms with E-state index in [1.54, 1.807) is 45.0 Å². The fourth-order valence-corrected chi connectivity index (χ4v) is 1.38. The van der Waals surface area contributed by atoms with Gasteiger partial charge in [-0.2, -0.15) is 5.43 Å². The number of para-hydroxylation sites is 1. The van der Waals surface area contributed by atoms with Crippen molar-refractivity contribution in [1.82, 2.24) is 0 Å². The molecule has 0 amide bonds. The van der Waals surface area contributed by atoms with E-state index in [4.69, 9.17) is 16.5 Å². The Kier molecular flexibility index (Phi) is 5.87. The molecule has 122 valence electrons. The summed E-state index contributed by atoms with van der Waals surface area (Å²) in [5.74, 6) is -0.972. The minimum atomic E-state index is -0.693. The van der Waals surface area contributed by atoms with Gasteiger partial charge in [-0.3, -0.25) is 0 Å². The van der Waals surface area contributed by atoms with Crippen LogP contribution in [0.3, 0.4) is 0 Å². The summed E-state index contributed by atoms with van der Waals surface area (Å²) in [6.07, 6.45) is 0. The molecule has 0 atom stereocenters. The fraction of sp³-hybridized carbons (Fsp3) is 0.333. The van der Waals surface area contributed by atoms with Crippen LogP contribution in [0.5, 0.6) is 0 Å². The van der Waals surface area contributed by atoms with Gasteiger partial charge in [-0.05, 0) is 32.4 Å². The Labute approximate surface area is 132 Å². The first kappa shape index (κ1) is 17.7. The highest BCUT2D eigenvalue weighted by atomic mass is 16.5. The summed E-state index contributed by atoms with van der Waals surface area (Å²) in [6, 6.07) is 6.47. The van der Waals surface area contributed by atoms with Crippen LogP contribution in [0, 0.1) is 5.21 Å². The van der Waals surface area contributed by atoms with Gasteiger partial charge >= 0.3 is 5.84 Å². The van der Waals surface area contributed by atoms with Crippen molar-refractivity contribution < 1.29 is 10.1 Å². The number of azo groups is 1. The number of hydroxylamine groups is 1. The molecule has 0 unspecified atom stereocenters. The molecule has 1 aromatic rings. The largest absolute Gasteiger partial charge is 0.691 e. The lowest BCUT2D eigenvalue weighted by Gasteiger charge is -2.13. The van der Waals surface area contributed by atoms with Gasteiger partial charge in [-0.15, -0.1) is 9.97 Å². The number of nitrogens with zero attached hydrogens (tertiary/aromatic N) is 7. The Morgan fingerprint density at radius 3 is 2.61 bits per heavy atom. The van der Waals surface area contributed by atoms with E-state index in [1.165, 1.54) is 0 Å². The Morgan fingerprint density at radius 1 is 1.39 bits per heavy atom. The molecular formula is C12H17N9O2. The third-order valence-electron chi connectivity index (χ3n) is 2.25. The lowest BCUT2D eigenvalue weighted by atomic mass is 10.1. The molecule has 0 bridgehead atoms. The van der Waals surface area contributed by atoms with E-state index in [0.29, 0.717) is 5.69 Å². The maximum absolute atomic E-state index is 12.0. The highest BCUT2D eigenvalue weighted by Crippen LogP contribution is 2.24. The summed E-state index contributed by atoms with van der Waals surface area (Å²) < 4.78 is 0. The molecule has 0 aliphatic carbocycles. The Hall–Kier alpha value is -3.33. The summed E-state index contributed by atoms with van der Waals surface area (Å²) in [4.78, 5) is 2.84. The van der Waals surface area contributed by atoms with Crippen LogP contribution in [0.4, 0.5) is 11.4 Å². The highest BCUT2D eigenvalue weighted by molar-refractivity contribution is 6.36. The predicted octanol–water partition coefficient (Wildman–Crippen LogP) is 2.86. The van der Waals surface area contributed by atoms with Gasteiger partial charge < -0.3 is 16.1 Å². The summed E-state index contributed by atoms with van der Waals surface area (Å²) in [6.45, 7) is 5.10. The number of anilines is 1. The van der Waals surface area contributed by atoms with Gasteiger partial charge in [-0.1, -0.05) is 28.5 Å². The number of nitrogens with one attached hydrogen (secondary N) is 1. The molecule has 0 heterocycles. The second-order valence-corrected chi connectivity index (χ2v) is 5.28. The zero-order valence-electron chi connectivity index (χ0n) is 12.9. The average molecular weight is 319 g/mol. The lowest BCUT2D eigenvalue weighted by molar-refractivity contribution is -0.414. The van der Waals surface area contributed by atoms with E-state index in [9.17, 15) is 5.21 Å². The van der Waals surface area contributed by atoms with Crippen molar-refractivity contribution in [3.8, 4) is 0 Å². The number of rotatable bonds is 3. The van der Waals surface area contributed by atoms with Crippen LogP contribution >= 0.6 is 0 Å². The van der Waals surface area contributed by atoms with Crippen LogP contribution in [0.15, 0.2) is 44.8 Å². The topological polar surface area (TPSA) is 170 Å². The zero-order chi connectivity index (χ0) is 17.5. The lowest BCUT2D eigenvalue weighted by Crippen LogP contribution is -2.33. The van der Waals surface area contributed by atoms with Gasteiger partial charge in [0.2, 0.25) is 0 Å². The van der Waals surface area contributed by atoms with Gasteiger partial charge in [0, 0.05) is 4.91 Å². The molecule has 23 heavy (non-hydrogen) atoms. The van der Waals surface area contributed by atoms with Crippen LogP contribution in [0.25, 0.3) is 10.4 Å². The van der Waals surface area contributed by atoms with Crippen LogP contribution in [0.1, 0.15) is 20.8 Å². The van der Waals surface area contributed by atoms with Crippen molar-refractivity contribution in [3.05, 3.63) is 39.9 Å². The SMILES string of the molecule is CC(C)(C)N=[N+]([O-])C(=NNc1ccccc1N=[N+]=[N-])C(N)=NO. The number of benzene rings is 1. The van der Waals surface area contributed by atoms with Gasteiger partial charge in [-0.25, -0.2) is 0 Å². The molecule has 0 radical (unpaired) electrons. The molecule has 0 aromatic heterocycles. The van der Waals surface area contributed by atoms with Gasteiger partial charge in [0.25, 0.3) is 5.84 Å². The second-order valence-electron chi connectivity index (χ2n) is 5.28. The summed E-state index contributed by atoms with van der Waals surface area (Å²) >= 11 is 0. The van der Waals surface area contributed by atoms with Gasteiger partial charge in [0.1, 0.15) is 0 Å². The molecule has 0 fully saturated rings. The van der Waals surface area contributed by atoms with Gasteiger partial charge in [0.15, 0.2) is 0 Å². The number of hydrogen-bond donors (Lipinski definition) is 3. The van der Waals surface area contributed by atoms with Gasteiger partial charge in [0.05, 0.1) is 22.0 Å². The highest BCUT2D eigenvalue weighted by Gasteiger charge is 2.21. The Bertz CT molecular complexity index is 697. The van der Waals surface area contributed by atoms with Crippen molar-refractivity contribution in [3.63, 3.8) is 0 Å². The van der Waals surface area contributed by atoms with E-state index in [0.717, 1.165) is 0 Å². The third kappa shape index (κ3) is 5.52. The standard InChI is InChI=1S/C12H17N9O2/c1-12(2,3)19-21(23)11(10(13)18-22)17-15-8-6-4-5-7-9(8)16-20-14/h4-7,15,22H,1-3H3,(H2,13,18). The van der Waals surface area contributed by atoms with Crippen molar-refractivity contribution in [2.24, 2.45) is 26.2 Å². The molecule has 1 rings (SSSR count). The number of amidine groups is 2. The Morgan fingerprint density at radius 2 is 2.04 bits per heavy atom. The number of hydrazone groups is 1. The summed E-state index contributed by atoms with van der Waals surface area (Å²) in [5.41, 5.74) is 16.4. The van der Waals surface area contributed by atoms with Crippen molar-refractivity contribution in [1.29, 1.82) is 0 Å². The predicted molar refractivity (Wildman–Crippen MR) is 85.5 cm³/mol. The molecular weight excluding hydrogens is 302 g/mol. The summed E-state index contributed by atoms with van der Waals surface area (Å²) in [7, 11) is 0. The number of oxime groups is 1. The quantitative estimate of drug-likeness (QED) is 0.114. The first-order chi connectivity index (χ1) is 10.8. The van der Waals surface area contributed by atoms with Crippen LogP contribution in [-0.4, -0.2) is 27.3 Å². The molecule has 0 saturated carbocycles. The van der Waals surface area contributed by atoms with Crippen LogP contribution < -0.4 is 11.2 Å². The molecule has 0 aliphatic heterocycles. The van der Waals surface area contributed by atoms with Crippen molar-refractivity contribution >= 4 is 23.0 Å². The van der Waals surface area contributed by atoms with E-state index in [-0.39, 0.29) is 10.5 Å². The number of azide groups is 1. The first-order valence-corrected chi connectivity index (χ1v) is 6.44. The number of nitrogens with two attached hydrogens (primary N) is 1. The maximum atomic E-state index is 12.0. The monoisotopic (exact) mass is 319 g/mol. The Balaban J connectivity index is 3.23. The molecule has 11 heteroatoms. The molecule has 1 aromatic carbocycles. The third-order valence-corrected chi connectivity index (χ3v) is 2.25. The van der Waals surface area contributed by atoms with Crippen molar-refractivity contribution in [2.75, 3.05) is 5.43 Å². The second kappa shape index (κ2) is 7.61. The zero-order valence-corrected chi connectivity index (χ0v) is 12.9. The molecule has 0 saturated heterocycles. The minimum Gasteiger partial charge on any atom is -0.691 e. The van der Waals surface area contributed by atoms with E-state index >= 15 is 0 Å². The molecule has 0 aliphatic rings. The maximum Gasteiger partial charge on any atom is 0.417 e. The smallest absolute Gasteiger partial charge is 0.417 e. The first-order valence-electron chi connectivity index (χ1n) is 6.44. The minimum absolute atomic E-state index is 0.151. The number of hydrogen-bond acceptors (Lipinski definition) is 7. The van der Waals surface area contributed by atoms with Crippen molar-refractivity contribution in [2.45, 2.75) is 26.3 Å². The van der Waals surface area contributed by atoms with E-state index in [2.05, 4.69) is 30.8 Å². The van der Waals surface area contributed by atoms with Crippen LogP contribution in [-0.2, 0) is 0 Å². The normalized spacial score (nSPS) is 13.4. The summed E-state index contributed by atoms with van der Waals surface area (Å²) in [5, 5.41) is 34.6. The average Bonchev–Trinajstić information content (AvgIpc) is 2.47. The molecule has 11 nitrogen and oxygen atoms in total. The van der Waals surface area contributed by atoms with Crippen LogP contribution in [0.2, 0.25) is 0 Å². The van der Waals surface area contributed by atoms with E-state index in [1.807, 2.05) is 0 Å².